The molecule has 1 atom stereocenters. The Hall–Kier alpha value is -2.83. The fourth-order valence-corrected chi connectivity index (χ4v) is 3.42. The van der Waals surface area contributed by atoms with Gasteiger partial charge >= 0.3 is 12.0 Å². The van der Waals surface area contributed by atoms with Crippen molar-refractivity contribution in [1.29, 1.82) is 0 Å². The number of ether oxygens (including phenoxy) is 1. The molecule has 2 amide bonds. The quantitative estimate of drug-likeness (QED) is 0.844. The van der Waals surface area contributed by atoms with Gasteiger partial charge in [0.25, 0.3) is 0 Å². The molecule has 1 saturated heterocycles. The summed E-state index contributed by atoms with van der Waals surface area (Å²) in [7, 11) is 1.34. The fourth-order valence-electron chi connectivity index (χ4n) is 3.42. The van der Waals surface area contributed by atoms with E-state index in [9.17, 15) is 9.59 Å². The topological polar surface area (TPSA) is 84.7 Å². The van der Waals surface area contributed by atoms with Gasteiger partial charge in [-0.1, -0.05) is 12.1 Å². The van der Waals surface area contributed by atoms with E-state index in [1.807, 2.05) is 18.7 Å². The van der Waals surface area contributed by atoms with Crippen LogP contribution in [0.1, 0.15) is 53.2 Å². The van der Waals surface area contributed by atoms with Crippen molar-refractivity contribution in [3.63, 3.8) is 0 Å². The van der Waals surface area contributed by atoms with Crippen molar-refractivity contribution < 1.29 is 18.8 Å². The van der Waals surface area contributed by atoms with Crippen LogP contribution in [-0.2, 0) is 11.2 Å². The smallest absolute Gasteiger partial charge is 0.337 e. The van der Waals surface area contributed by atoms with Crippen LogP contribution in [0.3, 0.4) is 0 Å². The zero-order valence-corrected chi connectivity index (χ0v) is 15.2. The molecule has 0 spiro atoms. The number of carbonyl (C=O) groups is 2. The number of amides is 2. The molecule has 26 heavy (non-hydrogen) atoms. The van der Waals surface area contributed by atoms with Crippen molar-refractivity contribution in [2.45, 2.75) is 39.2 Å². The fraction of sp³-hybridized carbons (Fsp3) is 0.421. The van der Waals surface area contributed by atoms with Gasteiger partial charge in [-0.2, -0.15) is 0 Å². The lowest BCUT2D eigenvalue weighted by Crippen LogP contribution is -2.34. The van der Waals surface area contributed by atoms with Crippen LogP contribution in [0.2, 0.25) is 0 Å². The monoisotopic (exact) mass is 357 g/mol. The summed E-state index contributed by atoms with van der Waals surface area (Å²) in [4.78, 5) is 26.1. The molecule has 7 heteroatoms. The summed E-state index contributed by atoms with van der Waals surface area (Å²) in [6.45, 7) is 4.62. The number of hydrogen-bond acceptors (Lipinski definition) is 5. The van der Waals surface area contributed by atoms with Gasteiger partial charge in [-0.25, -0.2) is 9.59 Å². The first-order valence-corrected chi connectivity index (χ1v) is 8.76. The minimum absolute atomic E-state index is 0.0226. The summed E-state index contributed by atoms with van der Waals surface area (Å²) in [5, 5.41) is 6.97. The molecule has 2 heterocycles. The molecule has 2 aromatic rings. The molecule has 0 aliphatic carbocycles. The van der Waals surface area contributed by atoms with Crippen LogP contribution in [0.5, 0.6) is 0 Å². The number of anilines is 1. The molecule has 1 aromatic carbocycles. The molecule has 0 radical (unpaired) electrons. The summed E-state index contributed by atoms with van der Waals surface area (Å²) >= 11 is 0. The Labute approximate surface area is 152 Å². The third-order valence-corrected chi connectivity index (χ3v) is 4.71. The van der Waals surface area contributed by atoms with Crippen LogP contribution in [0.4, 0.5) is 10.5 Å². The van der Waals surface area contributed by atoms with Gasteiger partial charge in [-0.3, -0.25) is 0 Å². The van der Waals surface area contributed by atoms with E-state index in [1.54, 1.807) is 24.3 Å². The van der Waals surface area contributed by atoms with Crippen molar-refractivity contribution in [2.24, 2.45) is 0 Å². The van der Waals surface area contributed by atoms with Gasteiger partial charge in [-0.05, 0) is 44.0 Å². The Kier molecular flexibility index (Phi) is 5.25. The number of hydrogen-bond donors (Lipinski definition) is 1. The second-order valence-electron chi connectivity index (χ2n) is 6.31. The number of likely N-dealkylation sites (tertiary alicyclic amines) is 1. The Morgan fingerprint density at radius 1 is 1.35 bits per heavy atom. The van der Waals surface area contributed by atoms with Gasteiger partial charge in [0.2, 0.25) is 0 Å². The molecule has 138 valence electrons. The van der Waals surface area contributed by atoms with Crippen LogP contribution in [0.15, 0.2) is 28.8 Å². The summed E-state index contributed by atoms with van der Waals surface area (Å²) < 4.78 is 10.1. The molecular weight excluding hydrogens is 334 g/mol. The van der Waals surface area contributed by atoms with Gasteiger partial charge in [-0.15, -0.1) is 0 Å². The Morgan fingerprint density at radius 3 is 2.73 bits per heavy atom. The largest absolute Gasteiger partial charge is 0.465 e. The van der Waals surface area contributed by atoms with E-state index in [1.165, 1.54) is 7.11 Å². The summed E-state index contributed by atoms with van der Waals surface area (Å²) in [5.74, 6) is 0.437. The molecule has 1 aromatic heterocycles. The molecule has 0 saturated carbocycles. The highest BCUT2D eigenvalue weighted by Crippen LogP contribution is 2.36. The average Bonchev–Trinajstić information content (AvgIpc) is 3.27. The third kappa shape index (κ3) is 3.42. The van der Waals surface area contributed by atoms with E-state index < -0.39 is 5.97 Å². The predicted molar refractivity (Wildman–Crippen MR) is 96.1 cm³/mol. The zero-order chi connectivity index (χ0) is 18.7. The number of benzene rings is 1. The number of rotatable bonds is 4. The summed E-state index contributed by atoms with van der Waals surface area (Å²) in [6.07, 6.45) is 2.58. The molecule has 0 bridgehead atoms. The number of esters is 1. The average molecular weight is 357 g/mol. The highest BCUT2D eigenvalue weighted by Gasteiger charge is 2.34. The number of carbonyl (C=O) groups excluding carboxylic acids is 2. The number of methoxy groups -OCH3 is 1. The van der Waals surface area contributed by atoms with E-state index in [0.29, 0.717) is 17.8 Å². The highest BCUT2D eigenvalue weighted by atomic mass is 16.5. The predicted octanol–water partition coefficient (Wildman–Crippen LogP) is 3.70. The van der Waals surface area contributed by atoms with E-state index in [2.05, 4.69) is 15.2 Å². The van der Waals surface area contributed by atoms with Gasteiger partial charge < -0.3 is 19.5 Å². The third-order valence-electron chi connectivity index (χ3n) is 4.71. The normalized spacial score (nSPS) is 16.6. The minimum Gasteiger partial charge on any atom is -0.465 e. The van der Waals surface area contributed by atoms with E-state index in [-0.39, 0.29) is 12.1 Å². The van der Waals surface area contributed by atoms with E-state index >= 15 is 0 Å². The minimum atomic E-state index is -0.405. The molecule has 1 aliphatic heterocycles. The number of aryl methyl sites for hydroxylation is 2. The first kappa shape index (κ1) is 18.0. The number of nitrogens with zero attached hydrogens (tertiary/aromatic N) is 2. The molecule has 1 N–H and O–H groups in total. The first-order valence-electron chi connectivity index (χ1n) is 8.76. The number of urea groups is 1. The zero-order valence-electron chi connectivity index (χ0n) is 15.2. The maximum atomic E-state index is 12.8. The second-order valence-corrected chi connectivity index (χ2v) is 6.31. The Morgan fingerprint density at radius 2 is 2.08 bits per heavy atom. The summed E-state index contributed by atoms with van der Waals surface area (Å²) in [6, 6.07) is 6.45. The van der Waals surface area contributed by atoms with Crippen LogP contribution in [-0.4, -0.2) is 35.7 Å². The second kappa shape index (κ2) is 7.59. The van der Waals surface area contributed by atoms with Gasteiger partial charge in [0, 0.05) is 24.2 Å². The van der Waals surface area contributed by atoms with Crippen molar-refractivity contribution in [1.82, 2.24) is 10.1 Å². The van der Waals surface area contributed by atoms with E-state index in [4.69, 9.17) is 4.52 Å². The lowest BCUT2D eigenvalue weighted by atomic mass is 10.0. The standard InChI is InChI=1S/C19H23N3O4/c1-4-16-17(12(2)21-26-16)15-6-5-11-22(15)19(24)20-14-9-7-13(8-10-14)18(23)25-3/h7-10,15H,4-6,11H2,1-3H3,(H,20,24)/t15-/m0/s1. The molecule has 1 aliphatic rings. The summed E-state index contributed by atoms with van der Waals surface area (Å²) in [5.41, 5.74) is 2.94. The van der Waals surface area contributed by atoms with Crippen LogP contribution in [0, 0.1) is 6.92 Å². The molecule has 0 unspecified atom stereocenters. The number of aromatic nitrogens is 1. The lowest BCUT2D eigenvalue weighted by Gasteiger charge is -2.25. The Bertz CT molecular complexity index is 798. The maximum absolute atomic E-state index is 12.8. The molecule has 7 nitrogen and oxygen atoms in total. The van der Waals surface area contributed by atoms with Crippen LogP contribution < -0.4 is 5.32 Å². The van der Waals surface area contributed by atoms with Gasteiger partial charge in [0.05, 0.1) is 24.4 Å². The van der Waals surface area contributed by atoms with Crippen molar-refractivity contribution >= 4 is 17.7 Å². The number of nitrogens with one attached hydrogen (secondary N) is 1. The molecule has 3 rings (SSSR count). The lowest BCUT2D eigenvalue weighted by molar-refractivity contribution is 0.0600. The highest BCUT2D eigenvalue weighted by molar-refractivity contribution is 5.92. The van der Waals surface area contributed by atoms with Crippen molar-refractivity contribution in [3.05, 3.63) is 46.8 Å². The van der Waals surface area contributed by atoms with E-state index in [0.717, 1.165) is 36.3 Å². The van der Waals surface area contributed by atoms with Crippen LogP contribution >= 0.6 is 0 Å². The van der Waals surface area contributed by atoms with Crippen molar-refractivity contribution in [3.8, 4) is 0 Å². The van der Waals surface area contributed by atoms with Gasteiger partial charge in [0.15, 0.2) is 0 Å². The Balaban J connectivity index is 1.74. The van der Waals surface area contributed by atoms with Crippen molar-refractivity contribution in [2.75, 3.05) is 19.0 Å². The molecule has 1 fully saturated rings. The first-order chi connectivity index (χ1) is 12.5. The molecular formula is C19H23N3O4. The SMILES string of the molecule is CCc1onc(C)c1[C@@H]1CCCN1C(=O)Nc1ccc(C(=O)OC)cc1. The maximum Gasteiger partial charge on any atom is 0.337 e. The van der Waals surface area contributed by atoms with Gasteiger partial charge in [0.1, 0.15) is 5.76 Å². The van der Waals surface area contributed by atoms with Crippen LogP contribution in [0.25, 0.3) is 0 Å².